The standard InChI is InChI=1S/C15H22FN3O/c1-15(2)10-20-6-5-19(15)14-11(7-12(16)9-18-14)8-17-13-3-4-13/h7,9,13,17H,3-6,8,10H2,1-2H3. The van der Waals surface area contributed by atoms with Crippen molar-refractivity contribution in [1.82, 2.24) is 10.3 Å². The minimum absolute atomic E-state index is 0.114. The second-order valence-corrected chi connectivity index (χ2v) is 6.31. The fourth-order valence-corrected chi connectivity index (χ4v) is 2.64. The number of anilines is 1. The lowest BCUT2D eigenvalue weighted by atomic mass is 10.0. The SMILES string of the molecule is CC1(C)COCCN1c1ncc(F)cc1CNC1CC1. The third-order valence-corrected chi connectivity index (χ3v) is 3.97. The number of nitrogens with one attached hydrogen (secondary N) is 1. The molecule has 4 nitrogen and oxygen atoms in total. The van der Waals surface area contributed by atoms with Gasteiger partial charge >= 0.3 is 0 Å². The topological polar surface area (TPSA) is 37.4 Å². The van der Waals surface area contributed by atoms with E-state index in [9.17, 15) is 4.39 Å². The van der Waals surface area contributed by atoms with E-state index in [-0.39, 0.29) is 11.4 Å². The zero-order valence-corrected chi connectivity index (χ0v) is 12.2. The molecule has 0 radical (unpaired) electrons. The minimum atomic E-state index is -0.271. The van der Waals surface area contributed by atoms with Crippen LogP contribution in [0, 0.1) is 5.82 Å². The Morgan fingerprint density at radius 2 is 2.30 bits per heavy atom. The van der Waals surface area contributed by atoms with Gasteiger partial charge in [-0.1, -0.05) is 0 Å². The van der Waals surface area contributed by atoms with E-state index in [4.69, 9.17) is 4.74 Å². The van der Waals surface area contributed by atoms with Crippen LogP contribution in [0.1, 0.15) is 32.3 Å². The molecule has 110 valence electrons. The van der Waals surface area contributed by atoms with Crippen LogP contribution in [0.4, 0.5) is 10.2 Å². The van der Waals surface area contributed by atoms with Gasteiger partial charge in [-0.15, -0.1) is 0 Å². The average Bonchev–Trinajstić information content (AvgIpc) is 3.21. The predicted molar refractivity (Wildman–Crippen MR) is 76.3 cm³/mol. The Hall–Kier alpha value is -1.20. The molecule has 2 fully saturated rings. The summed E-state index contributed by atoms with van der Waals surface area (Å²) in [5.74, 6) is 0.611. The molecule has 1 saturated heterocycles. The second kappa shape index (κ2) is 5.30. The van der Waals surface area contributed by atoms with E-state index in [2.05, 4.69) is 29.0 Å². The smallest absolute Gasteiger partial charge is 0.141 e. The number of ether oxygens (including phenoxy) is 1. The van der Waals surface area contributed by atoms with E-state index >= 15 is 0 Å². The fraction of sp³-hybridized carbons (Fsp3) is 0.667. The monoisotopic (exact) mass is 279 g/mol. The van der Waals surface area contributed by atoms with Crippen LogP contribution in [0.25, 0.3) is 0 Å². The van der Waals surface area contributed by atoms with Crippen molar-refractivity contribution in [3.05, 3.63) is 23.6 Å². The summed E-state index contributed by atoms with van der Waals surface area (Å²) < 4.78 is 19.1. The molecule has 1 aromatic rings. The third kappa shape index (κ3) is 2.94. The molecule has 3 rings (SSSR count). The van der Waals surface area contributed by atoms with Crippen molar-refractivity contribution in [2.45, 2.75) is 44.8 Å². The van der Waals surface area contributed by atoms with Gasteiger partial charge in [-0.3, -0.25) is 0 Å². The quantitative estimate of drug-likeness (QED) is 0.916. The van der Waals surface area contributed by atoms with Crippen LogP contribution < -0.4 is 10.2 Å². The number of hydrogen-bond acceptors (Lipinski definition) is 4. The van der Waals surface area contributed by atoms with Crippen molar-refractivity contribution in [1.29, 1.82) is 0 Å². The summed E-state index contributed by atoms with van der Waals surface area (Å²) in [5.41, 5.74) is 0.823. The predicted octanol–water partition coefficient (Wildman–Crippen LogP) is 2.09. The summed E-state index contributed by atoms with van der Waals surface area (Å²) in [6.07, 6.45) is 3.75. The zero-order valence-electron chi connectivity index (χ0n) is 12.2. The summed E-state index contributed by atoms with van der Waals surface area (Å²) in [5, 5.41) is 3.44. The highest BCUT2D eigenvalue weighted by atomic mass is 19.1. The van der Waals surface area contributed by atoms with Crippen LogP contribution in [0.15, 0.2) is 12.3 Å². The van der Waals surface area contributed by atoms with E-state index in [1.165, 1.54) is 19.0 Å². The summed E-state index contributed by atoms with van der Waals surface area (Å²) in [6.45, 7) is 7.10. The first kappa shape index (κ1) is 13.8. The van der Waals surface area contributed by atoms with Crippen molar-refractivity contribution >= 4 is 5.82 Å². The molecule has 20 heavy (non-hydrogen) atoms. The number of hydrogen-bond donors (Lipinski definition) is 1. The average molecular weight is 279 g/mol. The number of nitrogens with zero attached hydrogens (tertiary/aromatic N) is 2. The molecule has 0 spiro atoms. The fourth-order valence-electron chi connectivity index (χ4n) is 2.64. The molecule has 2 aliphatic rings. The first-order valence-corrected chi connectivity index (χ1v) is 7.29. The Labute approximate surface area is 119 Å². The molecular weight excluding hydrogens is 257 g/mol. The first-order valence-electron chi connectivity index (χ1n) is 7.29. The maximum atomic E-state index is 13.5. The van der Waals surface area contributed by atoms with Crippen molar-refractivity contribution < 1.29 is 9.13 Å². The van der Waals surface area contributed by atoms with Crippen molar-refractivity contribution in [2.75, 3.05) is 24.7 Å². The van der Waals surface area contributed by atoms with Gasteiger partial charge in [-0.05, 0) is 32.8 Å². The maximum Gasteiger partial charge on any atom is 0.141 e. The molecule has 0 amide bonds. The van der Waals surface area contributed by atoms with Gasteiger partial charge < -0.3 is 15.0 Å². The van der Waals surface area contributed by atoms with Crippen molar-refractivity contribution in [3.63, 3.8) is 0 Å². The van der Waals surface area contributed by atoms with Crippen molar-refractivity contribution in [2.24, 2.45) is 0 Å². The van der Waals surface area contributed by atoms with E-state index in [1.807, 2.05) is 0 Å². The van der Waals surface area contributed by atoms with Crippen LogP contribution in [0.3, 0.4) is 0 Å². The van der Waals surface area contributed by atoms with E-state index in [0.717, 1.165) is 17.9 Å². The highest BCUT2D eigenvalue weighted by Crippen LogP contribution is 2.29. The number of rotatable bonds is 4. The van der Waals surface area contributed by atoms with Gasteiger partial charge in [-0.25, -0.2) is 9.37 Å². The molecule has 0 aromatic carbocycles. The summed E-state index contributed by atoms with van der Waals surface area (Å²) in [7, 11) is 0. The molecule has 1 aliphatic carbocycles. The molecular formula is C15H22FN3O. The van der Waals surface area contributed by atoms with Gasteiger partial charge in [0, 0.05) is 24.7 Å². The van der Waals surface area contributed by atoms with Crippen LogP contribution in [0.2, 0.25) is 0 Å². The number of aromatic nitrogens is 1. The lowest BCUT2D eigenvalue weighted by Gasteiger charge is -2.43. The highest BCUT2D eigenvalue weighted by Gasteiger charge is 2.33. The summed E-state index contributed by atoms with van der Waals surface area (Å²) in [6, 6.07) is 2.20. The number of pyridine rings is 1. The lowest BCUT2D eigenvalue weighted by molar-refractivity contribution is 0.0638. The largest absolute Gasteiger partial charge is 0.377 e. The van der Waals surface area contributed by atoms with Crippen LogP contribution in [0.5, 0.6) is 0 Å². The van der Waals surface area contributed by atoms with Crippen molar-refractivity contribution in [3.8, 4) is 0 Å². The number of morpholine rings is 1. The van der Waals surface area contributed by atoms with E-state index in [1.54, 1.807) is 6.07 Å². The van der Waals surface area contributed by atoms with Gasteiger partial charge in [0.15, 0.2) is 0 Å². The summed E-state index contributed by atoms with van der Waals surface area (Å²) in [4.78, 5) is 6.59. The number of halogens is 1. The Bertz CT molecular complexity index is 488. The second-order valence-electron chi connectivity index (χ2n) is 6.31. The maximum absolute atomic E-state index is 13.5. The Kier molecular flexibility index (Phi) is 3.65. The van der Waals surface area contributed by atoms with Crippen LogP contribution in [-0.2, 0) is 11.3 Å². The van der Waals surface area contributed by atoms with Crippen LogP contribution >= 0.6 is 0 Å². The molecule has 1 aliphatic heterocycles. The molecule has 0 bridgehead atoms. The highest BCUT2D eigenvalue weighted by molar-refractivity contribution is 5.49. The van der Waals surface area contributed by atoms with E-state index in [0.29, 0.717) is 25.8 Å². The van der Waals surface area contributed by atoms with Crippen LogP contribution in [-0.4, -0.2) is 36.3 Å². The van der Waals surface area contributed by atoms with E-state index < -0.39 is 0 Å². The molecule has 2 heterocycles. The van der Waals surface area contributed by atoms with Gasteiger partial charge in [0.1, 0.15) is 11.6 Å². The molecule has 1 N–H and O–H groups in total. The Morgan fingerprint density at radius 3 is 3.00 bits per heavy atom. The van der Waals surface area contributed by atoms with Gasteiger partial charge in [0.2, 0.25) is 0 Å². The normalized spacial score (nSPS) is 22.1. The Morgan fingerprint density at radius 1 is 1.50 bits per heavy atom. The van der Waals surface area contributed by atoms with Gasteiger partial charge in [0.25, 0.3) is 0 Å². The van der Waals surface area contributed by atoms with Gasteiger partial charge in [0.05, 0.1) is 24.9 Å². The molecule has 1 saturated carbocycles. The molecule has 1 aromatic heterocycles. The lowest BCUT2D eigenvalue weighted by Crippen LogP contribution is -2.54. The summed E-state index contributed by atoms with van der Waals surface area (Å²) >= 11 is 0. The Balaban J connectivity index is 1.86. The molecule has 0 unspecified atom stereocenters. The minimum Gasteiger partial charge on any atom is -0.377 e. The first-order chi connectivity index (χ1) is 9.56. The molecule has 5 heteroatoms. The van der Waals surface area contributed by atoms with Gasteiger partial charge in [-0.2, -0.15) is 0 Å². The molecule has 0 atom stereocenters. The third-order valence-electron chi connectivity index (χ3n) is 3.97. The zero-order chi connectivity index (χ0) is 14.2.